The van der Waals surface area contributed by atoms with Crippen molar-refractivity contribution in [2.75, 3.05) is 38.2 Å². The third-order valence-electron chi connectivity index (χ3n) is 16.9. The molecule has 2 heterocycles. The largest absolute Gasteiger partial charge is 0.497 e. The number of guanidine groups is 1. The first kappa shape index (κ1) is 68.3. The molecule has 28 nitrogen and oxygen atoms in total. The Bertz CT molecular complexity index is 2920. The lowest BCUT2D eigenvalue weighted by Gasteiger charge is -2.56. The number of carbonyl (C=O) groups excluding carboxylic acids is 12. The van der Waals surface area contributed by atoms with Crippen molar-refractivity contribution in [1.82, 2.24) is 47.4 Å². The average molecular weight is 1270 g/mol. The Labute approximate surface area is 523 Å². The molecule has 0 radical (unpaired) electrons. The van der Waals surface area contributed by atoms with E-state index in [1.165, 1.54) is 12.0 Å². The molecule has 2 aliphatic heterocycles. The molecule has 2 saturated heterocycles. The standard InChI is InChI=1S/C59H83N15O13S2/c1-87-37-13-11-33(12-14-37)23-41-53(82)70-40(22-32-7-3-2-4-8-32)52(81)68-39(15-16-46(60)75)51(80)72-42(24-47(61)76)54(83)73-44(31-89-88-30-43(55(84)71-41)67-49(78)28-59-25-34-19-35(26-59)21-36(20-34)27-59)57(86)74-18-6-10-45(74)56(85)69-38(9-5-17-65-58(63)64)50(79)66-29-48(62)77/h2-4,7-8,11-14,34-36,38-45H,5-6,9-10,15-31H2,1H3,(H2,60,75)(H2,61,76)(H2,62,77)(H,66,79)(H,67,78)(H,68,81)(H,69,85)(H,70,82)(H,71,84)(H,72,80)(H,73,83)(H4,63,64,65)/t34?,35?,36?,38-,39-,40-,41-,42-,43-,44-,45-,59?/m0/s1. The lowest BCUT2D eigenvalue weighted by molar-refractivity contribution is -0.142. The van der Waals surface area contributed by atoms with Crippen LogP contribution in [-0.4, -0.2) is 168 Å². The Morgan fingerprint density at radius 2 is 1.27 bits per heavy atom. The maximum Gasteiger partial charge on any atom is 0.246 e. The van der Waals surface area contributed by atoms with Gasteiger partial charge in [-0.1, -0.05) is 64.1 Å². The number of hydrogen-bond acceptors (Lipinski definition) is 16. The van der Waals surface area contributed by atoms with Crippen LogP contribution in [0.25, 0.3) is 0 Å². The molecule has 18 N–H and O–H groups in total. The van der Waals surface area contributed by atoms with Gasteiger partial charge in [-0.2, -0.15) is 0 Å². The van der Waals surface area contributed by atoms with Crippen LogP contribution < -0.4 is 75.9 Å². The van der Waals surface area contributed by atoms with E-state index in [2.05, 4.69) is 47.5 Å². The Balaban J connectivity index is 1.23. The molecule has 89 heavy (non-hydrogen) atoms. The van der Waals surface area contributed by atoms with E-state index >= 15 is 9.59 Å². The van der Waals surface area contributed by atoms with E-state index in [0.717, 1.165) is 60.1 Å². The first-order valence-electron chi connectivity index (χ1n) is 30.0. The van der Waals surface area contributed by atoms with Gasteiger partial charge in [-0.15, -0.1) is 0 Å². The van der Waals surface area contributed by atoms with Gasteiger partial charge >= 0.3 is 0 Å². The summed E-state index contributed by atoms with van der Waals surface area (Å²) in [5.74, 6) is -8.75. The van der Waals surface area contributed by atoms with Crippen LogP contribution in [0.4, 0.5) is 0 Å². The minimum Gasteiger partial charge on any atom is -0.497 e. The molecule has 6 aliphatic rings. The van der Waals surface area contributed by atoms with Crippen molar-refractivity contribution in [3.63, 3.8) is 0 Å². The quantitative estimate of drug-likeness (QED) is 0.0240. The van der Waals surface area contributed by atoms with Gasteiger partial charge in [0.2, 0.25) is 70.9 Å². The molecule has 12 amide bonds. The molecule has 2 aromatic rings. The normalized spacial score (nSPS) is 27.0. The van der Waals surface area contributed by atoms with Crippen LogP contribution in [0, 0.1) is 23.2 Å². The van der Waals surface area contributed by atoms with Gasteiger partial charge in [0.1, 0.15) is 54.1 Å². The summed E-state index contributed by atoms with van der Waals surface area (Å²) in [7, 11) is 3.55. The van der Waals surface area contributed by atoms with Crippen LogP contribution in [0.2, 0.25) is 0 Å². The minimum atomic E-state index is -1.82. The van der Waals surface area contributed by atoms with Gasteiger partial charge in [-0.3, -0.25) is 62.5 Å². The topological polar surface area (TPSA) is 456 Å². The summed E-state index contributed by atoms with van der Waals surface area (Å²) < 4.78 is 5.37. The fraction of sp³-hybridized carbons (Fsp3) is 0.576. The van der Waals surface area contributed by atoms with Crippen molar-refractivity contribution in [3.8, 4) is 5.75 Å². The molecule has 8 atom stereocenters. The van der Waals surface area contributed by atoms with E-state index in [9.17, 15) is 47.9 Å². The van der Waals surface area contributed by atoms with Crippen molar-refractivity contribution < 1.29 is 62.3 Å². The second kappa shape index (κ2) is 32.4. The number of carbonyl (C=O) groups is 12. The first-order valence-corrected chi connectivity index (χ1v) is 32.5. The highest BCUT2D eigenvalue weighted by Gasteiger charge is 2.52. The smallest absolute Gasteiger partial charge is 0.246 e. The van der Waals surface area contributed by atoms with Gasteiger partial charge in [-0.25, -0.2) is 0 Å². The monoisotopic (exact) mass is 1270 g/mol. The van der Waals surface area contributed by atoms with E-state index in [1.807, 2.05) is 0 Å². The van der Waals surface area contributed by atoms with Crippen LogP contribution in [0.3, 0.4) is 0 Å². The van der Waals surface area contributed by atoms with E-state index in [0.29, 0.717) is 34.6 Å². The third-order valence-corrected chi connectivity index (χ3v) is 19.3. The van der Waals surface area contributed by atoms with Crippen molar-refractivity contribution in [1.29, 1.82) is 0 Å². The Morgan fingerprint density at radius 1 is 0.697 bits per heavy atom. The number of amides is 12. The predicted molar refractivity (Wildman–Crippen MR) is 330 cm³/mol. The number of aliphatic imine (C=N–C) groups is 1. The summed E-state index contributed by atoms with van der Waals surface area (Å²) in [5.41, 5.74) is 28.3. The maximum atomic E-state index is 15.0. The van der Waals surface area contributed by atoms with E-state index in [4.69, 9.17) is 33.4 Å². The zero-order valence-electron chi connectivity index (χ0n) is 49.8. The van der Waals surface area contributed by atoms with Gasteiger partial charge in [0.25, 0.3) is 0 Å². The highest BCUT2D eigenvalue weighted by Crippen LogP contribution is 2.61. The Morgan fingerprint density at radius 3 is 1.87 bits per heavy atom. The molecule has 0 unspecified atom stereocenters. The summed E-state index contributed by atoms with van der Waals surface area (Å²) in [4.78, 5) is 172. The number of primary amides is 3. The third kappa shape index (κ3) is 20.4. The fourth-order valence-corrected chi connectivity index (χ4v) is 15.4. The molecule has 4 saturated carbocycles. The molecule has 6 fully saturated rings. The van der Waals surface area contributed by atoms with Crippen molar-refractivity contribution in [2.45, 2.75) is 151 Å². The number of rotatable bonds is 23. The van der Waals surface area contributed by atoms with Crippen LogP contribution in [-0.2, 0) is 70.4 Å². The van der Waals surface area contributed by atoms with Crippen molar-refractivity contribution in [3.05, 3.63) is 65.7 Å². The number of nitrogens with zero attached hydrogens (tertiary/aromatic N) is 2. The predicted octanol–water partition coefficient (Wildman–Crippen LogP) is -2.34. The number of methoxy groups -OCH3 is 1. The fourth-order valence-electron chi connectivity index (χ4n) is 13.1. The van der Waals surface area contributed by atoms with Gasteiger partial charge in [0.05, 0.1) is 20.1 Å². The number of ether oxygens (including phenoxy) is 1. The Hall–Kier alpha value is -8.15. The summed E-state index contributed by atoms with van der Waals surface area (Å²) in [5, 5.41) is 21.3. The summed E-state index contributed by atoms with van der Waals surface area (Å²) in [6.45, 7) is -0.470. The van der Waals surface area contributed by atoms with E-state index in [1.54, 1.807) is 54.6 Å². The first-order chi connectivity index (χ1) is 42.5. The molecule has 0 aromatic heterocycles. The minimum absolute atomic E-state index is 0.00705. The van der Waals surface area contributed by atoms with Crippen LogP contribution >= 0.6 is 21.6 Å². The Kier molecular flexibility index (Phi) is 24.9. The molecular formula is C59H83N15O13S2. The summed E-state index contributed by atoms with van der Waals surface area (Å²) in [6, 6.07) is 3.64. The molecule has 0 spiro atoms. The van der Waals surface area contributed by atoms with Crippen LogP contribution in [0.15, 0.2) is 59.6 Å². The molecule has 4 aliphatic carbocycles. The number of hydrogen-bond donors (Lipinski definition) is 13. The zero-order chi connectivity index (χ0) is 64.4. The lowest BCUT2D eigenvalue weighted by atomic mass is 9.49. The van der Waals surface area contributed by atoms with Crippen molar-refractivity contribution in [2.24, 2.45) is 56.8 Å². The van der Waals surface area contributed by atoms with E-state index in [-0.39, 0.29) is 86.8 Å². The van der Waals surface area contributed by atoms with Gasteiger partial charge in [0, 0.05) is 50.3 Å². The summed E-state index contributed by atoms with van der Waals surface area (Å²) in [6.07, 6.45) is 4.87. The average Bonchev–Trinajstić information content (AvgIpc) is 1.26. The molecule has 4 bridgehead atoms. The van der Waals surface area contributed by atoms with Crippen LogP contribution in [0.1, 0.15) is 101 Å². The van der Waals surface area contributed by atoms with E-state index < -0.39 is 139 Å². The van der Waals surface area contributed by atoms with Crippen molar-refractivity contribution >= 4 is 98.4 Å². The molecule has 8 rings (SSSR count). The summed E-state index contributed by atoms with van der Waals surface area (Å²) >= 11 is 0. The zero-order valence-corrected chi connectivity index (χ0v) is 51.4. The number of likely N-dealkylation sites (tertiary alicyclic amines) is 1. The maximum absolute atomic E-state index is 15.0. The lowest BCUT2D eigenvalue weighted by Crippen LogP contribution is -2.61. The molecule has 30 heteroatoms. The highest BCUT2D eigenvalue weighted by molar-refractivity contribution is 8.76. The molecule has 2 aromatic carbocycles. The second-order valence-electron chi connectivity index (χ2n) is 23.9. The second-order valence-corrected chi connectivity index (χ2v) is 26.4. The van der Waals surface area contributed by atoms with Gasteiger partial charge in [-0.05, 0) is 117 Å². The number of nitrogens with two attached hydrogens (primary N) is 5. The SMILES string of the molecule is COc1ccc(C[C@@H]2NC(=O)[C@@H](NC(=O)CC34CC5CC(CC(C5)C3)C4)CSSC[C@@H](C(=O)N3CCC[C@H]3C(=O)N[C@@H](CCCN=C(N)N)C(=O)NCC(N)=O)NC(=O)[C@H](CC(N)=O)NC(=O)[C@H](CCC(N)=O)NC(=O)[C@H](Cc3ccccc3)NC2=O)cc1. The van der Waals surface area contributed by atoms with Gasteiger partial charge < -0.3 is 80.8 Å². The molecule has 484 valence electrons. The number of nitrogens with one attached hydrogen (secondary N) is 8. The van der Waals surface area contributed by atoms with Gasteiger partial charge in [0.15, 0.2) is 5.96 Å². The number of benzene rings is 2. The highest BCUT2D eigenvalue weighted by atomic mass is 33.1. The van der Waals surface area contributed by atoms with Crippen LogP contribution in [0.5, 0.6) is 5.75 Å². The molecular weight excluding hydrogens is 1190 g/mol.